The van der Waals surface area contributed by atoms with Gasteiger partial charge in [0.15, 0.2) is 0 Å². The van der Waals surface area contributed by atoms with Gasteiger partial charge in [-0.1, -0.05) is 6.92 Å². The number of ether oxygens (including phenoxy) is 1. The maximum Gasteiger partial charge on any atom is 0.0935 e. The van der Waals surface area contributed by atoms with Crippen LogP contribution in [0.1, 0.15) is 18.9 Å². The van der Waals surface area contributed by atoms with Gasteiger partial charge in [-0.05, 0) is 24.5 Å². The third-order valence-corrected chi connectivity index (χ3v) is 1.97. The van der Waals surface area contributed by atoms with Gasteiger partial charge in [-0.3, -0.25) is 11.3 Å². The fraction of sp³-hybridized carbons (Fsp3) is 0.600. The number of hydrazine groups is 1. The van der Waals surface area contributed by atoms with Crippen LogP contribution >= 0.6 is 0 Å². The number of hydrogen-bond acceptors (Lipinski definition) is 4. The van der Waals surface area contributed by atoms with Crippen molar-refractivity contribution < 1.29 is 9.15 Å². The smallest absolute Gasteiger partial charge is 0.0935 e. The van der Waals surface area contributed by atoms with Gasteiger partial charge in [0.05, 0.1) is 19.1 Å². The highest BCUT2D eigenvalue weighted by molar-refractivity contribution is 5.07. The maximum atomic E-state index is 5.41. The Balaban J connectivity index is 2.24. The summed E-state index contributed by atoms with van der Waals surface area (Å²) in [6, 6.07) is 2.09. The Bertz CT molecular complexity index is 224. The van der Waals surface area contributed by atoms with Crippen LogP contribution in [0.3, 0.4) is 0 Å². The fourth-order valence-corrected chi connectivity index (χ4v) is 1.23. The lowest BCUT2D eigenvalue weighted by Gasteiger charge is -2.14. The molecule has 1 aromatic rings. The largest absolute Gasteiger partial charge is 0.472 e. The van der Waals surface area contributed by atoms with Crippen molar-refractivity contribution in [3.8, 4) is 0 Å². The number of nitrogens with two attached hydrogens (primary N) is 1. The van der Waals surface area contributed by atoms with Crippen LogP contribution in [0.25, 0.3) is 0 Å². The van der Waals surface area contributed by atoms with Gasteiger partial charge in [-0.2, -0.15) is 0 Å². The molecule has 0 saturated carbocycles. The summed E-state index contributed by atoms with van der Waals surface area (Å²) in [5.41, 5.74) is 3.87. The molecule has 14 heavy (non-hydrogen) atoms. The first-order valence-electron chi connectivity index (χ1n) is 4.91. The van der Waals surface area contributed by atoms with Crippen molar-refractivity contribution in [2.75, 3.05) is 13.2 Å². The molecule has 0 aliphatic carbocycles. The molecule has 0 saturated heterocycles. The SMILES string of the molecule is CCCOCC(Cc1ccoc1)NN. The van der Waals surface area contributed by atoms with Gasteiger partial charge >= 0.3 is 0 Å². The molecule has 1 rings (SSSR count). The van der Waals surface area contributed by atoms with E-state index in [2.05, 4.69) is 12.3 Å². The number of hydrogen-bond donors (Lipinski definition) is 2. The zero-order valence-electron chi connectivity index (χ0n) is 8.53. The van der Waals surface area contributed by atoms with Crippen LogP contribution in [-0.2, 0) is 11.2 Å². The highest BCUT2D eigenvalue weighted by atomic mass is 16.5. The van der Waals surface area contributed by atoms with Gasteiger partial charge in [0.25, 0.3) is 0 Å². The summed E-state index contributed by atoms with van der Waals surface area (Å²) in [6.07, 6.45) is 5.25. The molecule has 0 radical (unpaired) electrons. The van der Waals surface area contributed by atoms with Gasteiger partial charge < -0.3 is 9.15 Å². The Morgan fingerprint density at radius 1 is 1.64 bits per heavy atom. The van der Waals surface area contributed by atoms with Crippen molar-refractivity contribution in [2.45, 2.75) is 25.8 Å². The van der Waals surface area contributed by atoms with E-state index >= 15 is 0 Å². The van der Waals surface area contributed by atoms with Crippen LogP contribution < -0.4 is 11.3 Å². The lowest BCUT2D eigenvalue weighted by atomic mass is 10.1. The molecule has 1 heterocycles. The summed E-state index contributed by atoms with van der Waals surface area (Å²) >= 11 is 0. The van der Waals surface area contributed by atoms with E-state index < -0.39 is 0 Å². The Morgan fingerprint density at radius 3 is 3.07 bits per heavy atom. The number of rotatable bonds is 7. The van der Waals surface area contributed by atoms with E-state index in [0.29, 0.717) is 6.61 Å². The zero-order valence-corrected chi connectivity index (χ0v) is 8.53. The van der Waals surface area contributed by atoms with Crippen molar-refractivity contribution in [2.24, 2.45) is 5.84 Å². The third kappa shape index (κ3) is 3.91. The lowest BCUT2D eigenvalue weighted by Crippen LogP contribution is -2.40. The Morgan fingerprint density at radius 2 is 2.50 bits per heavy atom. The standard InChI is InChI=1S/C10H18N2O2/c1-2-4-13-8-10(12-11)6-9-3-5-14-7-9/h3,5,7,10,12H,2,4,6,8,11H2,1H3. The molecule has 0 aliphatic rings. The molecular weight excluding hydrogens is 180 g/mol. The van der Waals surface area contributed by atoms with Gasteiger partial charge in [-0.25, -0.2) is 0 Å². The van der Waals surface area contributed by atoms with Crippen molar-refractivity contribution >= 4 is 0 Å². The minimum Gasteiger partial charge on any atom is -0.472 e. The van der Waals surface area contributed by atoms with Crippen molar-refractivity contribution in [3.63, 3.8) is 0 Å². The maximum absolute atomic E-state index is 5.41. The van der Waals surface area contributed by atoms with Crippen LogP contribution in [0.5, 0.6) is 0 Å². The third-order valence-electron chi connectivity index (χ3n) is 1.97. The van der Waals surface area contributed by atoms with Crippen LogP contribution in [0.4, 0.5) is 0 Å². The average molecular weight is 198 g/mol. The monoisotopic (exact) mass is 198 g/mol. The molecule has 0 spiro atoms. The predicted molar refractivity (Wildman–Crippen MR) is 54.6 cm³/mol. The minimum atomic E-state index is 0.152. The van der Waals surface area contributed by atoms with Crippen LogP contribution in [-0.4, -0.2) is 19.3 Å². The van der Waals surface area contributed by atoms with Crippen LogP contribution in [0.2, 0.25) is 0 Å². The first kappa shape index (κ1) is 11.2. The molecular formula is C10H18N2O2. The molecule has 0 fully saturated rings. The van der Waals surface area contributed by atoms with Gasteiger partial charge in [-0.15, -0.1) is 0 Å². The summed E-state index contributed by atoms with van der Waals surface area (Å²) in [7, 11) is 0. The molecule has 80 valence electrons. The quantitative estimate of drug-likeness (QED) is 0.391. The second-order valence-electron chi connectivity index (χ2n) is 3.27. The van der Waals surface area contributed by atoms with Gasteiger partial charge in [0, 0.05) is 12.6 Å². The Labute approximate surface area is 84.4 Å². The molecule has 4 heteroatoms. The van der Waals surface area contributed by atoms with Gasteiger partial charge in [0.1, 0.15) is 0 Å². The molecule has 1 unspecified atom stereocenters. The molecule has 1 aromatic heterocycles. The van der Waals surface area contributed by atoms with E-state index in [0.717, 1.165) is 25.0 Å². The van der Waals surface area contributed by atoms with Crippen LogP contribution in [0.15, 0.2) is 23.0 Å². The summed E-state index contributed by atoms with van der Waals surface area (Å²) in [5, 5.41) is 0. The Kier molecular flexibility index (Phi) is 5.29. The minimum absolute atomic E-state index is 0.152. The highest BCUT2D eigenvalue weighted by Crippen LogP contribution is 2.04. The predicted octanol–water partition coefficient (Wildman–Crippen LogP) is 1.08. The van der Waals surface area contributed by atoms with Crippen LogP contribution in [0, 0.1) is 0 Å². The first-order valence-corrected chi connectivity index (χ1v) is 4.91. The molecule has 0 amide bonds. The Hall–Kier alpha value is -0.840. The molecule has 0 aliphatic heterocycles. The average Bonchev–Trinajstić information content (AvgIpc) is 2.69. The van der Waals surface area contributed by atoms with Crippen molar-refractivity contribution in [3.05, 3.63) is 24.2 Å². The van der Waals surface area contributed by atoms with E-state index in [9.17, 15) is 0 Å². The lowest BCUT2D eigenvalue weighted by molar-refractivity contribution is 0.112. The fourth-order valence-electron chi connectivity index (χ4n) is 1.23. The van der Waals surface area contributed by atoms with Crippen molar-refractivity contribution in [1.29, 1.82) is 0 Å². The second kappa shape index (κ2) is 6.59. The molecule has 0 bridgehead atoms. The summed E-state index contributed by atoms with van der Waals surface area (Å²) in [5.74, 6) is 5.41. The van der Waals surface area contributed by atoms with E-state index in [4.69, 9.17) is 15.0 Å². The second-order valence-corrected chi connectivity index (χ2v) is 3.27. The first-order chi connectivity index (χ1) is 6.86. The highest BCUT2D eigenvalue weighted by Gasteiger charge is 2.08. The number of furan rings is 1. The summed E-state index contributed by atoms with van der Waals surface area (Å²) in [4.78, 5) is 0. The summed E-state index contributed by atoms with van der Waals surface area (Å²) < 4.78 is 10.4. The van der Waals surface area contributed by atoms with Crippen molar-refractivity contribution in [1.82, 2.24) is 5.43 Å². The molecule has 0 aromatic carbocycles. The van der Waals surface area contributed by atoms with E-state index in [1.165, 1.54) is 0 Å². The van der Waals surface area contributed by atoms with E-state index in [1.54, 1.807) is 12.5 Å². The summed E-state index contributed by atoms with van der Waals surface area (Å²) in [6.45, 7) is 3.50. The number of nitrogens with one attached hydrogen (secondary N) is 1. The van der Waals surface area contributed by atoms with E-state index in [1.807, 2.05) is 6.07 Å². The molecule has 4 nitrogen and oxygen atoms in total. The van der Waals surface area contributed by atoms with Gasteiger partial charge in [0.2, 0.25) is 0 Å². The van der Waals surface area contributed by atoms with E-state index in [-0.39, 0.29) is 6.04 Å². The topological polar surface area (TPSA) is 60.4 Å². The zero-order chi connectivity index (χ0) is 10.2. The molecule has 3 N–H and O–H groups in total. The molecule has 1 atom stereocenters. The normalized spacial score (nSPS) is 13.0.